The highest BCUT2D eigenvalue weighted by Crippen LogP contribution is 2.28. The monoisotopic (exact) mass is 265 g/mol. The summed E-state index contributed by atoms with van der Waals surface area (Å²) < 4.78 is 22.9. The summed E-state index contributed by atoms with van der Waals surface area (Å²) in [5.41, 5.74) is 6.14. The van der Waals surface area contributed by atoms with Gasteiger partial charge in [0.1, 0.15) is 4.90 Å². The van der Waals surface area contributed by atoms with Gasteiger partial charge in [0.2, 0.25) is 16.0 Å². The molecule has 0 saturated heterocycles. The minimum atomic E-state index is -3.87. The Morgan fingerprint density at radius 1 is 1.11 bits per heavy atom. The Morgan fingerprint density at radius 3 is 2.39 bits per heavy atom. The van der Waals surface area contributed by atoms with Crippen LogP contribution in [0, 0.1) is 0 Å². The zero-order chi connectivity index (χ0) is 13.2. The van der Waals surface area contributed by atoms with E-state index in [9.17, 15) is 8.42 Å². The van der Waals surface area contributed by atoms with Crippen molar-refractivity contribution in [3.63, 3.8) is 0 Å². The second-order valence-electron chi connectivity index (χ2n) is 3.46. The van der Waals surface area contributed by atoms with Crippen LogP contribution in [0.25, 0.3) is 0 Å². The molecule has 8 heteroatoms. The molecule has 0 aliphatic heterocycles. The molecule has 0 spiro atoms. The number of primary sulfonamides is 1. The van der Waals surface area contributed by atoms with Crippen molar-refractivity contribution in [2.24, 2.45) is 5.14 Å². The highest BCUT2D eigenvalue weighted by atomic mass is 32.2. The fourth-order valence-corrected chi connectivity index (χ4v) is 2.12. The van der Waals surface area contributed by atoms with Gasteiger partial charge in [-0.3, -0.25) is 0 Å². The molecule has 2 aromatic rings. The predicted molar refractivity (Wildman–Crippen MR) is 67.5 cm³/mol. The molecule has 94 valence electrons. The van der Waals surface area contributed by atoms with Crippen molar-refractivity contribution in [2.45, 2.75) is 4.90 Å². The number of anilines is 3. The highest BCUT2D eigenvalue weighted by Gasteiger charge is 2.16. The van der Waals surface area contributed by atoms with E-state index in [1.165, 1.54) is 24.5 Å². The lowest BCUT2D eigenvalue weighted by Crippen LogP contribution is -2.15. The number of aromatic nitrogens is 2. The van der Waals surface area contributed by atoms with E-state index in [0.29, 0.717) is 0 Å². The molecule has 1 aromatic heterocycles. The Morgan fingerprint density at radius 2 is 1.78 bits per heavy atom. The van der Waals surface area contributed by atoms with Gasteiger partial charge in [-0.25, -0.2) is 23.5 Å². The molecule has 0 aliphatic rings. The topological polar surface area (TPSA) is 124 Å². The lowest BCUT2D eigenvalue weighted by atomic mass is 10.3. The molecule has 0 atom stereocenters. The number of sulfonamides is 1. The van der Waals surface area contributed by atoms with Crippen LogP contribution in [0.2, 0.25) is 0 Å². The summed E-state index contributed by atoms with van der Waals surface area (Å²) in [6.07, 6.45) is 3.04. The minimum absolute atomic E-state index is 0.102. The van der Waals surface area contributed by atoms with Gasteiger partial charge in [-0.2, -0.15) is 0 Å². The Hall–Kier alpha value is -2.19. The summed E-state index contributed by atoms with van der Waals surface area (Å²) in [4.78, 5) is 7.75. The SMILES string of the molecule is Nc1cccc(S(N)(=O)=O)c1Nc1ncccn1. The van der Waals surface area contributed by atoms with Crippen LogP contribution in [0.5, 0.6) is 0 Å². The zero-order valence-electron chi connectivity index (χ0n) is 9.24. The molecule has 0 saturated carbocycles. The average Bonchev–Trinajstić information content (AvgIpc) is 2.32. The van der Waals surface area contributed by atoms with E-state index < -0.39 is 10.0 Å². The molecule has 0 amide bonds. The summed E-state index contributed by atoms with van der Waals surface area (Å²) in [7, 11) is -3.87. The lowest BCUT2D eigenvalue weighted by Gasteiger charge is -2.11. The number of nitrogens with two attached hydrogens (primary N) is 2. The first-order chi connectivity index (χ1) is 8.48. The van der Waals surface area contributed by atoms with Gasteiger partial charge in [-0.05, 0) is 18.2 Å². The first-order valence-corrected chi connectivity index (χ1v) is 6.48. The molecule has 5 N–H and O–H groups in total. The first kappa shape index (κ1) is 12.3. The number of nitrogen functional groups attached to an aromatic ring is 1. The molecule has 2 rings (SSSR count). The molecule has 0 aliphatic carbocycles. The maximum Gasteiger partial charge on any atom is 0.240 e. The summed E-state index contributed by atoms with van der Waals surface area (Å²) >= 11 is 0. The van der Waals surface area contributed by atoms with Gasteiger partial charge in [-0.15, -0.1) is 0 Å². The van der Waals surface area contributed by atoms with E-state index >= 15 is 0 Å². The number of hydrogen-bond donors (Lipinski definition) is 3. The van der Waals surface area contributed by atoms with E-state index in [1.54, 1.807) is 12.1 Å². The Bertz CT molecular complexity index is 657. The van der Waals surface area contributed by atoms with Crippen LogP contribution in [0.15, 0.2) is 41.6 Å². The normalized spacial score (nSPS) is 11.2. The van der Waals surface area contributed by atoms with Crippen LogP contribution in [0.4, 0.5) is 17.3 Å². The van der Waals surface area contributed by atoms with Crippen LogP contribution >= 0.6 is 0 Å². The van der Waals surface area contributed by atoms with Gasteiger partial charge in [0, 0.05) is 12.4 Å². The zero-order valence-corrected chi connectivity index (χ0v) is 10.1. The summed E-state index contributed by atoms with van der Waals surface area (Å²) in [6, 6.07) is 6.06. The first-order valence-electron chi connectivity index (χ1n) is 4.94. The summed E-state index contributed by atoms with van der Waals surface area (Å²) in [5.74, 6) is 0.236. The van der Waals surface area contributed by atoms with Crippen LogP contribution in [-0.2, 0) is 10.0 Å². The fraction of sp³-hybridized carbons (Fsp3) is 0. The second kappa shape index (κ2) is 4.59. The number of nitrogens with zero attached hydrogens (tertiary/aromatic N) is 2. The smallest absolute Gasteiger partial charge is 0.240 e. The highest BCUT2D eigenvalue weighted by molar-refractivity contribution is 7.89. The van der Waals surface area contributed by atoms with Crippen molar-refractivity contribution in [1.29, 1.82) is 0 Å². The van der Waals surface area contributed by atoms with Crippen LogP contribution in [0.3, 0.4) is 0 Å². The van der Waals surface area contributed by atoms with E-state index in [2.05, 4.69) is 15.3 Å². The second-order valence-corrected chi connectivity index (χ2v) is 4.99. The van der Waals surface area contributed by atoms with Crippen molar-refractivity contribution in [1.82, 2.24) is 9.97 Å². The Labute approximate surface area is 104 Å². The molecular weight excluding hydrogens is 254 g/mol. The minimum Gasteiger partial charge on any atom is -0.397 e. The lowest BCUT2D eigenvalue weighted by molar-refractivity contribution is 0.598. The molecular formula is C10H11N5O2S. The summed E-state index contributed by atoms with van der Waals surface area (Å²) in [6.45, 7) is 0. The molecule has 0 bridgehead atoms. The largest absolute Gasteiger partial charge is 0.397 e. The molecule has 1 heterocycles. The number of nitrogens with one attached hydrogen (secondary N) is 1. The molecule has 0 radical (unpaired) electrons. The average molecular weight is 265 g/mol. The van der Waals surface area contributed by atoms with Crippen molar-refractivity contribution in [3.8, 4) is 0 Å². The standard InChI is InChI=1S/C10H11N5O2S/c11-7-3-1-4-8(18(12,16)17)9(7)15-10-13-5-2-6-14-10/h1-6H,11H2,(H2,12,16,17)(H,13,14,15). The quantitative estimate of drug-likeness (QED) is 0.692. The maximum atomic E-state index is 11.4. The van der Waals surface area contributed by atoms with Gasteiger partial charge >= 0.3 is 0 Å². The number of rotatable bonds is 3. The third-order valence-corrected chi connectivity index (χ3v) is 3.12. The van der Waals surface area contributed by atoms with Gasteiger partial charge in [0.25, 0.3) is 0 Å². The van der Waals surface area contributed by atoms with Crippen molar-refractivity contribution in [2.75, 3.05) is 11.1 Å². The van der Waals surface area contributed by atoms with Gasteiger partial charge in [-0.1, -0.05) is 6.07 Å². The Balaban J connectivity index is 2.51. The number of para-hydroxylation sites is 1. The van der Waals surface area contributed by atoms with Crippen LogP contribution in [0.1, 0.15) is 0 Å². The van der Waals surface area contributed by atoms with Crippen LogP contribution in [-0.4, -0.2) is 18.4 Å². The van der Waals surface area contributed by atoms with Crippen molar-refractivity contribution < 1.29 is 8.42 Å². The van der Waals surface area contributed by atoms with Crippen molar-refractivity contribution >= 4 is 27.3 Å². The fourth-order valence-electron chi connectivity index (χ4n) is 1.39. The van der Waals surface area contributed by atoms with Gasteiger partial charge in [0.05, 0.1) is 11.4 Å². The third kappa shape index (κ3) is 2.55. The molecule has 0 unspecified atom stereocenters. The van der Waals surface area contributed by atoms with Gasteiger partial charge < -0.3 is 11.1 Å². The van der Waals surface area contributed by atoms with E-state index in [-0.39, 0.29) is 22.2 Å². The maximum absolute atomic E-state index is 11.4. The van der Waals surface area contributed by atoms with Crippen LogP contribution < -0.4 is 16.2 Å². The van der Waals surface area contributed by atoms with Gasteiger partial charge in [0.15, 0.2) is 0 Å². The molecule has 0 fully saturated rings. The molecule has 18 heavy (non-hydrogen) atoms. The Kier molecular flexibility index (Phi) is 3.13. The van der Waals surface area contributed by atoms with E-state index in [1.807, 2.05) is 0 Å². The van der Waals surface area contributed by atoms with E-state index in [0.717, 1.165) is 0 Å². The number of benzene rings is 1. The predicted octanol–water partition coefficient (Wildman–Crippen LogP) is 0.450. The van der Waals surface area contributed by atoms with E-state index in [4.69, 9.17) is 10.9 Å². The molecule has 1 aromatic carbocycles. The molecule has 7 nitrogen and oxygen atoms in total. The third-order valence-electron chi connectivity index (χ3n) is 2.17. The number of hydrogen-bond acceptors (Lipinski definition) is 6. The summed E-state index contributed by atoms with van der Waals surface area (Å²) in [5, 5.41) is 7.86. The van der Waals surface area contributed by atoms with Crippen molar-refractivity contribution in [3.05, 3.63) is 36.7 Å².